The largest absolute Gasteiger partial charge is 0.478 e. The van der Waals surface area contributed by atoms with Gasteiger partial charge in [0.2, 0.25) is 0 Å². The van der Waals surface area contributed by atoms with Crippen LogP contribution in [0.3, 0.4) is 0 Å². The minimum Gasteiger partial charge on any atom is -0.478 e. The first-order chi connectivity index (χ1) is 12.1. The number of carboxylic acid groups (broad SMARTS) is 1. The third-order valence-corrected chi connectivity index (χ3v) is 4.81. The fourth-order valence-corrected chi connectivity index (χ4v) is 3.19. The smallest absolute Gasteiger partial charge is 0.335 e. The number of rotatable bonds is 3. The van der Waals surface area contributed by atoms with Gasteiger partial charge in [0.1, 0.15) is 5.75 Å². The Kier molecular flexibility index (Phi) is 3.60. The van der Waals surface area contributed by atoms with Crippen LogP contribution in [0.4, 0.5) is 11.4 Å². The molecule has 0 radical (unpaired) electrons. The zero-order valence-electron chi connectivity index (χ0n) is 13.9. The Balaban J connectivity index is 1.65. The fourth-order valence-electron chi connectivity index (χ4n) is 3.19. The zero-order chi connectivity index (χ0) is 17.6. The Morgan fingerprint density at radius 1 is 1.08 bits per heavy atom. The van der Waals surface area contributed by atoms with E-state index in [9.17, 15) is 9.59 Å². The molecule has 0 saturated carbocycles. The van der Waals surface area contributed by atoms with Gasteiger partial charge in [0.15, 0.2) is 6.73 Å². The molecule has 0 unspecified atom stereocenters. The van der Waals surface area contributed by atoms with Crippen LogP contribution >= 0.6 is 0 Å². The van der Waals surface area contributed by atoms with Gasteiger partial charge in [-0.3, -0.25) is 4.79 Å². The molecule has 0 atom stereocenters. The van der Waals surface area contributed by atoms with Crippen molar-refractivity contribution in [3.63, 3.8) is 0 Å². The highest BCUT2D eigenvalue weighted by molar-refractivity contribution is 5.98. The minimum atomic E-state index is -0.949. The van der Waals surface area contributed by atoms with Crippen LogP contribution in [0, 0.1) is 6.92 Å². The Bertz CT molecular complexity index is 856. The third-order valence-electron chi connectivity index (χ3n) is 4.81. The van der Waals surface area contributed by atoms with Crippen LogP contribution in [-0.4, -0.2) is 41.7 Å². The summed E-state index contributed by atoms with van der Waals surface area (Å²) in [5, 5.41) is 9.01. The van der Waals surface area contributed by atoms with Crippen molar-refractivity contribution in [2.75, 3.05) is 24.7 Å². The average molecular weight is 338 g/mol. The standard InChI is InChI=1S/C19H18N2O4/c1-12-15(18(22)20-9-2-10-20)7-8-16-17(12)25-11-21(16)14-5-3-13(4-6-14)19(23)24/h3-8H,2,9-11H2,1H3,(H,23,24). The van der Waals surface area contributed by atoms with E-state index >= 15 is 0 Å². The normalized spacial score (nSPS) is 15.4. The van der Waals surface area contributed by atoms with Crippen LogP contribution in [-0.2, 0) is 0 Å². The number of aromatic carboxylic acids is 1. The topological polar surface area (TPSA) is 70.1 Å². The molecular formula is C19H18N2O4. The molecular weight excluding hydrogens is 320 g/mol. The number of fused-ring (bicyclic) bond motifs is 1. The molecule has 0 spiro atoms. The zero-order valence-corrected chi connectivity index (χ0v) is 13.9. The second kappa shape index (κ2) is 5.81. The van der Waals surface area contributed by atoms with Crippen molar-refractivity contribution in [3.8, 4) is 5.75 Å². The summed E-state index contributed by atoms with van der Waals surface area (Å²) in [6, 6.07) is 10.4. The predicted octanol–water partition coefficient (Wildman–Crippen LogP) is 3.03. The Morgan fingerprint density at radius 3 is 2.40 bits per heavy atom. The van der Waals surface area contributed by atoms with E-state index in [4.69, 9.17) is 9.84 Å². The molecule has 6 nitrogen and oxygen atoms in total. The number of anilines is 2. The van der Waals surface area contributed by atoms with E-state index < -0.39 is 5.97 Å². The number of carboxylic acids is 1. The summed E-state index contributed by atoms with van der Waals surface area (Å²) >= 11 is 0. The molecule has 0 bridgehead atoms. The van der Waals surface area contributed by atoms with E-state index in [0.29, 0.717) is 18.0 Å². The van der Waals surface area contributed by atoms with Crippen molar-refractivity contribution >= 4 is 23.3 Å². The lowest BCUT2D eigenvalue weighted by atomic mass is 10.0. The van der Waals surface area contributed by atoms with E-state index in [1.807, 2.05) is 28.9 Å². The second-order valence-electron chi connectivity index (χ2n) is 6.29. The van der Waals surface area contributed by atoms with Gasteiger partial charge in [0.05, 0.1) is 11.3 Å². The minimum absolute atomic E-state index is 0.0550. The van der Waals surface area contributed by atoms with Gasteiger partial charge in [0.25, 0.3) is 5.91 Å². The number of hydrogen-bond donors (Lipinski definition) is 1. The predicted molar refractivity (Wildman–Crippen MR) is 92.7 cm³/mol. The summed E-state index contributed by atoms with van der Waals surface area (Å²) in [4.78, 5) is 27.3. The number of benzene rings is 2. The molecule has 1 N–H and O–H groups in total. The van der Waals surface area contributed by atoms with E-state index in [2.05, 4.69) is 0 Å². The molecule has 0 aliphatic carbocycles. The average Bonchev–Trinajstić information content (AvgIpc) is 2.98. The van der Waals surface area contributed by atoms with Crippen molar-refractivity contribution in [3.05, 3.63) is 53.1 Å². The number of carbonyl (C=O) groups excluding carboxylic acids is 1. The summed E-state index contributed by atoms with van der Waals surface area (Å²) in [6.07, 6.45) is 1.06. The van der Waals surface area contributed by atoms with Crippen LogP contribution in [0.5, 0.6) is 5.75 Å². The maximum Gasteiger partial charge on any atom is 0.335 e. The van der Waals surface area contributed by atoms with Gasteiger partial charge < -0.3 is 19.6 Å². The Labute approximate surface area is 145 Å². The number of carbonyl (C=O) groups is 2. The maximum absolute atomic E-state index is 12.5. The van der Waals surface area contributed by atoms with E-state index in [1.165, 1.54) is 0 Å². The number of hydrogen-bond acceptors (Lipinski definition) is 4. The van der Waals surface area contributed by atoms with Gasteiger partial charge in [-0.1, -0.05) is 0 Å². The molecule has 1 fully saturated rings. The summed E-state index contributed by atoms with van der Waals surface area (Å²) in [5.41, 5.74) is 3.52. The summed E-state index contributed by atoms with van der Waals surface area (Å²) in [7, 11) is 0. The first kappa shape index (κ1) is 15.5. The maximum atomic E-state index is 12.5. The highest BCUT2D eigenvalue weighted by Crippen LogP contribution is 2.42. The number of ether oxygens (including phenoxy) is 1. The van der Waals surface area contributed by atoms with Gasteiger partial charge in [-0.05, 0) is 49.7 Å². The van der Waals surface area contributed by atoms with E-state index in [0.717, 1.165) is 36.4 Å². The van der Waals surface area contributed by atoms with Gasteiger partial charge in [-0.15, -0.1) is 0 Å². The summed E-state index contributed by atoms with van der Waals surface area (Å²) in [5.74, 6) is -0.178. The first-order valence-electron chi connectivity index (χ1n) is 8.23. The molecule has 4 rings (SSSR count). The molecule has 2 aromatic rings. The molecule has 128 valence electrons. The lowest BCUT2D eigenvalue weighted by Gasteiger charge is -2.31. The van der Waals surface area contributed by atoms with Gasteiger partial charge >= 0.3 is 5.97 Å². The van der Waals surface area contributed by atoms with Gasteiger partial charge in [-0.25, -0.2) is 4.79 Å². The Hall–Kier alpha value is -3.02. The van der Waals surface area contributed by atoms with Crippen molar-refractivity contribution in [1.82, 2.24) is 4.90 Å². The SMILES string of the molecule is Cc1c(C(=O)N2CCC2)ccc2c1OCN2c1ccc(C(=O)O)cc1. The lowest BCUT2D eigenvalue weighted by Crippen LogP contribution is -2.42. The van der Waals surface area contributed by atoms with Crippen molar-refractivity contribution in [2.45, 2.75) is 13.3 Å². The molecule has 2 aliphatic rings. The highest BCUT2D eigenvalue weighted by Gasteiger charge is 2.29. The van der Waals surface area contributed by atoms with E-state index in [1.54, 1.807) is 24.3 Å². The van der Waals surface area contributed by atoms with E-state index in [-0.39, 0.29) is 11.5 Å². The van der Waals surface area contributed by atoms with Gasteiger partial charge in [-0.2, -0.15) is 0 Å². The molecule has 2 aromatic carbocycles. The van der Waals surface area contributed by atoms with Crippen LogP contribution in [0.1, 0.15) is 32.7 Å². The fraction of sp³-hybridized carbons (Fsp3) is 0.263. The second-order valence-corrected chi connectivity index (χ2v) is 6.29. The molecule has 6 heteroatoms. The van der Waals surface area contributed by atoms with Gasteiger partial charge in [0, 0.05) is 29.9 Å². The molecule has 2 aliphatic heterocycles. The molecule has 0 aromatic heterocycles. The lowest BCUT2D eigenvalue weighted by molar-refractivity contribution is 0.0649. The van der Waals surface area contributed by atoms with Crippen molar-refractivity contribution in [2.24, 2.45) is 0 Å². The van der Waals surface area contributed by atoms with Crippen molar-refractivity contribution < 1.29 is 19.4 Å². The van der Waals surface area contributed by atoms with Crippen LogP contribution < -0.4 is 9.64 Å². The Morgan fingerprint density at radius 2 is 1.80 bits per heavy atom. The molecule has 2 heterocycles. The molecule has 1 amide bonds. The summed E-state index contributed by atoms with van der Waals surface area (Å²) in [6.45, 7) is 3.88. The quantitative estimate of drug-likeness (QED) is 0.931. The first-order valence-corrected chi connectivity index (χ1v) is 8.23. The monoisotopic (exact) mass is 338 g/mol. The van der Waals surface area contributed by atoms with Crippen LogP contribution in [0.25, 0.3) is 0 Å². The van der Waals surface area contributed by atoms with Crippen LogP contribution in [0.15, 0.2) is 36.4 Å². The molecule has 1 saturated heterocycles. The summed E-state index contributed by atoms with van der Waals surface area (Å²) < 4.78 is 5.84. The number of nitrogens with zero attached hydrogens (tertiary/aromatic N) is 2. The number of likely N-dealkylation sites (tertiary alicyclic amines) is 1. The third kappa shape index (κ3) is 2.50. The number of amides is 1. The van der Waals surface area contributed by atoms with Crippen molar-refractivity contribution in [1.29, 1.82) is 0 Å². The highest BCUT2D eigenvalue weighted by atomic mass is 16.5. The molecule has 25 heavy (non-hydrogen) atoms. The van der Waals surface area contributed by atoms with Crippen LogP contribution in [0.2, 0.25) is 0 Å².